The lowest BCUT2D eigenvalue weighted by Gasteiger charge is -2.32. The molecule has 2 aromatic heterocycles. The Labute approximate surface area is 194 Å². The van der Waals surface area contributed by atoms with Crippen LogP contribution >= 0.6 is 0 Å². The summed E-state index contributed by atoms with van der Waals surface area (Å²) in [5.41, 5.74) is -2.14. The molecule has 1 aromatic carbocycles. The van der Waals surface area contributed by atoms with Gasteiger partial charge >= 0.3 is 6.18 Å². The van der Waals surface area contributed by atoms with Crippen molar-refractivity contribution in [3.05, 3.63) is 66.6 Å². The zero-order valence-corrected chi connectivity index (χ0v) is 19.3. The second kappa shape index (κ2) is 9.91. The Kier molecular flexibility index (Phi) is 7.38. The molecule has 3 N–H and O–H groups in total. The van der Waals surface area contributed by atoms with Crippen LogP contribution in [0.15, 0.2) is 66.0 Å². The topological polar surface area (TPSA) is 118 Å². The molecule has 13 heteroatoms. The Morgan fingerprint density at radius 3 is 2.21 bits per heavy atom. The standard InChI is InChI=1S/C21H23F3N6O3S/c1-14(2)15-9-10-17(25-12-15)28-18-11-19(27-13-26-18)29-20(3,21(22,23)24)33-30-34(31,32)16-7-5-4-6-8-16/h4-14,30H,1-3H3,(H2,25,26,27,28,29). The Morgan fingerprint density at radius 2 is 1.62 bits per heavy atom. The average molecular weight is 497 g/mol. The van der Waals surface area contributed by atoms with Gasteiger partial charge in [-0.1, -0.05) is 43.0 Å². The maximum atomic E-state index is 13.8. The van der Waals surface area contributed by atoms with Gasteiger partial charge in [-0.15, -0.1) is 0 Å². The van der Waals surface area contributed by atoms with Crippen LogP contribution in [-0.2, 0) is 14.9 Å². The van der Waals surface area contributed by atoms with Gasteiger partial charge in [0.05, 0.1) is 4.90 Å². The third-order valence-corrected chi connectivity index (χ3v) is 5.89. The molecule has 0 saturated heterocycles. The van der Waals surface area contributed by atoms with Crippen molar-refractivity contribution in [2.45, 2.75) is 43.5 Å². The van der Waals surface area contributed by atoms with Crippen LogP contribution < -0.4 is 15.5 Å². The number of nitrogens with one attached hydrogen (secondary N) is 3. The lowest BCUT2D eigenvalue weighted by Crippen LogP contribution is -2.55. The van der Waals surface area contributed by atoms with Crippen molar-refractivity contribution >= 4 is 27.5 Å². The van der Waals surface area contributed by atoms with E-state index in [-0.39, 0.29) is 22.4 Å². The van der Waals surface area contributed by atoms with E-state index in [1.807, 2.05) is 19.9 Å². The first-order chi connectivity index (χ1) is 15.9. The normalized spacial score (nSPS) is 14.0. The second-order valence-corrected chi connectivity index (χ2v) is 9.35. The van der Waals surface area contributed by atoms with Crippen LogP contribution in [0.1, 0.15) is 32.3 Å². The molecule has 0 saturated carbocycles. The highest BCUT2D eigenvalue weighted by molar-refractivity contribution is 7.89. The molecular formula is C21H23F3N6O3S. The Hall–Kier alpha value is -3.29. The Bertz CT molecular complexity index is 1210. The molecule has 0 aliphatic heterocycles. The first-order valence-electron chi connectivity index (χ1n) is 10.0. The highest BCUT2D eigenvalue weighted by Crippen LogP contribution is 2.34. The minimum absolute atomic E-state index is 0.164. The van der Waals surface area contributed by atoms with E-state index in [1.165, 1.54) is 35.2 Å². The maximum Gasteiger partial charge on any atom is 0.438 e. The van der Waals surface area contributed by atoms with Crippen molar-refractivity contribution < 1.29 is 26.4 Å². The summed E-state index contributed by atoms with van der Waals surface area (Å²) < 4.78 is 66.1. The van der Waals surface area contributed by atoms with Gasteiger partial charge in [-0.3, -0.25) is 0 Å². The molecule has 34 heavy (non-hydrogen) atoms. The van der Waals surface area contributed by atoms with Gasteiger partial charge in [0.2, 0.25) is 0 Å². The molecule has 1 atom stereocenters. The van der Waals surface area contributed by atoms with E-state index in [9.17, 15) is 21.6 Å². The number of benzene rings is 1. The Morgan fingerprint density at radius 1 is 0.941 bits per heavy atom. The fraction of sp³-hybridized carbons (Fsp3) is 0.286. The average Bonchev–Trinajstić information content (AvgIpc) is 2.78. The number of alkyl halides is 3. The zero-order valence-electron chi connectivity index (χ0n) is 18.5. The predicted octanol–water partition coefficient (Wildman–Crippen LogP) is 4.34. The largest absolute Gasteiger partial charge is 0.438 e. The second-order valence-electron chi connectivity index (χ2n) is 7.70. The maximum absolute atomic E-state index is 13.8. The lowest BCUT2D eigenvalue weighted by molar-refractivity contribution is -0.268. The first-order valence-corrected chi connectivity index (χ1v) is 11.5. The van der Waals surface area contributed by atoms with Crippen LogP contribution in [0.5, 0.6) is 0 Å². The summed E-state index contributed by atoms with van der Waals surface area (Å²) >= 11 is 0. The van der Waals surface area contributed by atoms with E-state index in [1.54, 1.807) is 18.3 Å². The molecule has 9 nitrogen and oxygen atoms in total. The van der Waals surface area contributed by atoms with Gasteiger partial charge < -0.3 is 10.6 Å². The molecule has 3 rings (SSSR count). The molecule has 182 valence electrons. The summed E-state index contributed by atoms with van der Waals surface area (Å²) in [6, 6.07) is 11.6. The Balaban J connectivity index is 1.77. The minimum atomic E-state index is -5.03. The summed E-state index contributed by atoms with van der Waals surface area (Å²) in [5, 5.41) is 4.96. The van der Waals surface area contributed by atoms with Gasteiger partial charge in [-0.05, 0) is 36.6 Å². The molecule has 2 heterocycles. The predicted molar refractivity (Wildman–Crippen MR) is 120 cm³/mol. The number of halogens is 3. The van der Waals surface area contributed by atoms with E-state index in [0.29, 0.717) is 12.7 Å². The van der Waals surface area contributed by atoms with Gasteiger partial charge in [-0.2, -0.15) is 13.2 Å². The number of aromatic nitrogens is 3. The third kappa shape index (κ3) is 6.18. The summed E-state index contributed by atoms with van der Waals surface area (Å²) in [4.78, 5) is 17.9. The number of pyridine rings is 1. The molecule has 0 amide bonds. The van der Waals surface area contributed by atoms with Crippen molar-refractivity contribution in [2.24, 2.45) is 0 Å². The van der Waals surface area contributed by atoms with Crippen LogP contribution in [0.4, 0.5) is 30.6 Å². The fourth-order valence-corrected chi connectivity index (χ4v) is 3.52. The van der Waals surface area contributed by atoms with E-state index in [4.69, 9.17) is 0 Å². The first kappa shape index (κ1) is 25.3. The minimum Gasteiger partial charge on any atom is -0.333 e. The van der Waals surface area contributed by atoms with Crippen molar-refractivity contribution in [3.63, 3.8) is 0 Å². The van der Waals surface area contributed by atoms with E-state index in [0.717, 1.165) is 11.9 Å². The molecule has 0 spiro atoms. The molecule has 0 radical (unpaired) electrons. The van der Waals surface area contributed by atoms with Gasteiger partial charge in [-0.25, -0.2) is 28.2 Å². The van der Waals surface area contributed by atoms with Gasteiger partial charge in [0.25, 0.3) is 15.7 Å². The molecule has 0 aliphatic rings. The van der Waals surface area contributed by atoms with Crippen LogP contribution in [-0.4, -0.2) is 35.3 Å². The number of rotatable bonds is 9. The zero-order chi connectivity index (χ0) is 25.0. The van der Waals surface area contributed by atoms with Crippen molar-refractivity contribution in [1.29, 1.82) is 0 Å². The van der Waals surface area contributed by atoms with Crippen molar-refractivity contribution in [2.75, 3.05) is 10.6 Å². The molecule has 0 bridgehead atoms. The quantitative estimate of drug-likeness (QED) is 0.296. The summed E-state index contributed by atoms with van der Waals surface area (Å²) in [7, 11) is -4.37. The monoisotopic (exact) mass is 496 g/mol. The summed E-state index contributed by atoms with van der Waals surface area (Å²) in [6.07, 6.45) is -2.31. The van der Waals surface area contributed by atoms with E-state index >= 15 is 0 Å². The van der Waals surface area contributed by atoms with Gasteiger partial charge in [0.1, 0.15) is 23.8 Å². The van der Waals surface area contributed by atoms with Crippen LogP contribution in [0.3, 0.4) is 0 Å². The molecule has 3 aromatic rings. The third-order valence-electron chi connectivity index (χ3n) is 4.69. The highest BCUT2D eigenvalue weighted by atomic mass is 32.2. The molecular weight excluding hydrogens is 473 g/mol. The van der Waals surface area contributed by atoms with Gasteiger partial charge in [0.15, 0.2) is 0 Å². The molecule has 1 unspecified atom stereocenters. The number of hydrogen-bond donors (Lipinski definition) is 3. The number of sulfonamides is 1. The summed E-state index contributed by atoms with van der Waals surface area (Å²) in [5.74, 6) is 0.613. The van der Waals surface area contributed by atoms with Crippen LogP contribution in [0.2, 0.25) is 0 Å². The molecule has 0 fully saturated rings. The number of hydrogen-bond acceptors (Lipinski definition) is 8. The van der Waals surface area contributed by atoms with Crippen LogP contribution in [0.25, 0.3) is 0 Å². The smallest absolute Gasteiger partial charge is 0.333 e. The molecule has 0 aliphatic carbocycles. The number of anilines is 3. The van der Waals surface area contributed by atoms with Crippen molar-refractivity contribution in [3.8, 4) is 0 Å². The van der Waals surface area contributed by atoms with Gasteiger partial charge in [0, 0.05) is 12.3 Å². The van der Waals surface area contributed by atoms with E-state index < -0.39 is 21.9 Å². The van der Waals surface area contributed by atoms with Crippen LogP contribution in [0, 0.1) is 0 Å². The SMILES string of the molecule is CC(C)c1ccc(Nc2cc(NC(C)(ONS(=O)(=O)c3ccccc3)C(F)(F)F)ncn2)nc1. The van der Waals surface area contributed by atoms with E-state index in [2.05, 4.69) is 30.4 Å². The fourth-order valence-electron chi connectivity index (χ4n) is 2.63. The lowest BCUT2D eigenvalue weighted by atomic mass is 10.1. The summed E-state index contributed by atoms with van der Waals surface area (Å²) in [6.45, 7) is 4.67. The number of nitrogens with zero attached hydrogens (tertiary/aromatic N) is 3. The highest BCUT2D eigenvalue weighted by Gasteiger charge is 2.54. The van der Waals surface area contributed by atoms with Crippen molar-refractivity contribution in [1.82, 2.24) is 19.8 Å².